The molecular formula is C17H31N3O5Si. The summed E-state index contributed by atoms with van der Waals surface area (Å²) in [4.78, 5) is 23.1. The first-order valence-corrected chi connectivity index (χ1v) is 11.5. The number of carbonyl (C=O) groups excluding carboxylic acids is 1. The summed E-state index contributed by atoms with van der Waals surface area (Å²) in [6.45, 7) is 16.1. The van der Waals surface area contributed by atoms with E-state index in [1.54, 1.807) is 20.8 Å². The number of nitrogens with one attached hydrogen (secondary N) is 1. The zero-order valence-corrected chi connectivity index (χ0v) is 18.0. The van der Waals surface area contributed by atoms with Gasteiger partial charge >= 0.3 is 12.1 Å². The van der Waals surface area contributed by atoms with Crippen molar-refractivity contribution in [1.82, 2.24) is 15.1 Å². The second-order valence-electron chi connectivity index (χ2n) is 8.69. The molecule has 0 saturated heterocycles. The maximum atomic E-state index is 11.7. The van der Waals surface area contributed by atoms with Crippen molar-refractivity contribution in [3.8, 4) is 5.88 Å². The van der Waals surface area contributed by atoms with Crippen LogP contribution >= 0.6 is 0 Å². The van der Waals surface area contributed by atoms with Gasteiger partial charge in [-0.1, -0.05) is 20.8 Å². The van der Waals surface area contributed by atoms with E-state index in [9.17, 15) is 14.7 Å². The molecule has 0 spiro atoms. The Morgan fingerprint density at radius 1 is 1.23 bits per heavy atom. The zero-order chi connectivity index (χ0) is 20.3. The number of amides is 1. The number of nitrogens with zero attached hydrogens (tertiary/aromatic N) is 2. The minimum atomic E-state index is -2.12. The molecule has 1 heterocycles. The molecule has 148 valence electrons. The molecule has 1 aromatic heterocycles. The second-order valence-corrected chi connectivity index (χ2v) is 13.4. The van der Waals surface area contributed by atoms with Gasteiger partial charge in [0.05, 0.1) is 6.54 Å². The van der Waals surface area contributed by atoms with Gasteiger partial charge in [0.1, 0.15) is 11.3 Å². The van der Waals surface area contributed by atoms with Crippen molar-refractivity contribution in [1.29, 1.82) is 0 Å². The molecule has 1 rings (SSSR count). The fourth-order valence-electron chi connectivity index (χ4n) is 1.78. The van der Waals surface area contributed by atoms with Gasteiger partial charge < -0.3 is 19.6 Å². The van der Waals surface area contributed by atoms with Crippen LogP contribution in [0.2, 0.25) is 18.1 Å². The summed E-state index contributed by atoms with van der Waals surface area (Å²) in [5.74, 6) is -0.800. The Morgan fingerprint density at radius 3 is 2.27 bits per heavy atom. The summed E-state index contributed by atoms with van der Waals surface area (Å²) in [6, 6.07) is 1.43. The fourth-order valence-corrected chi connectivity index (χ4v) is 2.71. The van der Waals surface area contributed by atoms with Crippen LogP contribution in [0, 0.1) is 0 Å². The quantitative estimate of drug-likeness (QED) is 0.727. The molecule has 0 atom stereocenters. The van der Waals surface area contributed by atoms with Gasteiger partial charge in [0.15, 0.2) is 0 Å². The first kappa shape index (κ1) is 22.0. The Morgan fingerprint density at radius 2 is 1.81 bits per heavy atom. The molecule has 1 amide bonds. The number of carboxylic acids is 1. The average molecular weight is 386 g/mol. The molecule has 0 aliphatic rings. The van der Waals surface area contributed by atoms with E-state index in [-0.39, 0.29) is 23.8 Å². The van der Waals surface area contributed by atoms with E-state index in [0.29, 0.717) is 5.88 Å². The molecule has 8 nitrogen and oxygen atoms in total. The van der Waals surface area contributed by atoms with Gasteiger partial charge in [-0.05, 0) is 38.9 Å². The lowest BCUT2D eigenvalue weighted by Gasteiger charge is -2.35. The largest absolute Gasteiger partial charge is 0.530 e. The van der Waals surface area contributed by atoms with E-state index in [4.69, 9.17) is 9.16 Å². The van der Waals surface area contributed by atoms with Gasteiger partial charge in [0.25, 0.3) is 8.32 Å². The van der Waals surface area contributed by atoms with Gasteiger partial charge in [0.2, 0.25) is 5.88 Å². The summed E-state index contributed by atoms with van der Waals surface area (Å²) < 4.78 is 12.5. The highest BCUT2D eigenvalue weighted by molar-refractivity contribution is 6.74. The van der Waals surface area contributed by atoms with Crippen molar-refractivity contribution in [2.75, 3.05) is 6.54 Å². The van der Waals surface area contributed by atoms with Crippen molar-refractivity contribution in [2.45, 2.75) is 71.8 Å². The number of carboxylic acid groups (broad SMARTS) is 1. The zero-order valence-electron chi connectivity index (χ0n) is 17.0. The van der Waals surface area contributed by atoms with Crippen molar-refractivity contribution < 1.29 is 23.9 Å². The smallest absolute Gasteiger partial charge is 0.407 e. The standard InChI is InChI=1S/C17H31N3O5Si/c1-16(2,3)24-15(23)18-9-10-20-12(14(21)22)11-13(19-20)25-26(7,8)17(4,5)6/h11H,9-10H2,1-8H3,(H,18,23)(H,21,22). The predicted molar refractivity (Wildman–Crippen MR) is 101 cm³/mol. The van der Waals surface area contributed by atoms with E-state index in [0.717, 1.165) is 0 Å². The molecule has 0 saturated carbocycles. The maximum Gasteiger partial charge on any atom is 0.407 e. The third-order valence-corrected chi connectivity index (χ3v) is 8.47. The Labute approximate surface area is 156 Å². The summed E-state index contributed by atoms with van der Waals surface area (Å²) in [5, 5.41) is 16.2. The molecule has 0 fully saturated rings. The van der Waals surface area contributed by atoms with Crippen LogP contribution in [0.4, 0.5) is 4.79 Å². The van der Waals surface area contributed by atoms with Crippen molar-refractivity contribution in [3.63, 3.8) is 0 Å². The third kappa shape index (κ3) is 6.36. The summed E-state index contributed by atoms with van der Waals surface area (Å²) >= 11 is 0. The molecule has 0 aliphatic heterocycles. The molecule has 2 N–H and O–H groups in total. The van der Waals surface area contributed by atoms with E-state index in [1.165, 1.54) is 10.7 Å². The number of ether oxygens (including phenoxy) is 1. The van der Waals surface area contributed by atoms with Crippen molar-refractivity contribution >= 4 is 20.4 Å². The lowest BCUT2D eigenvalue weighted by Crippen LogP contribution is -2.44. The Hall–Kier alpha value is -2.03. The predicted octanol–water partition coefficient (Wildman–Crippen LogP) is 3.49. The van der Waals surface area contributed by atoms with Gasteiger partial charge in [-0.15, -0.1) is 5.10 Å². The van der Waals surface area contributed by atoms with Gasteiger partial charge in [0, 0.05) is 12.6 Å². The number of hydrogen-bond donors (Lipinski definition) is 2. The number of carbonyl (C=O) groups is 2. The molecule has 0 aromatic carbocycles. The van der Waals surface area contributed by atoms with Gasteiger partial charge in [-0.3, -0.25) is 4.68 Å². The van der Waals surface area contributed by atoms with E-state index < -0.39 is 26.0 Å². The first-order chi connectivity index (χ1) is 11.6. The number of hydrogen-bond acceptors (Lipinski definition) is 5. The molecule has 0 bridgehead atoms. The normalized spacial score (nSPS) is 12.6. The van der Waals surface area contributed by atoms with E-state index in [1.807, 2.05) is 0 Å². The number of aromatic carboxylic acids is 1. The van der Waals surface area contributed by atoms with Crippen molar-refractivity contribution in [3.05, 3.63) is 11.8 Å². The van der Waals surface area contributed by atoms with Gasteiger partial charge in [-0.2, -0.15) is 0 Å². The number of alkyl carbamates (subject to hydrolysis) is 1. The van der Waals surface area contributed by atoms with Crippen LogP contribution in [0.5, 0.6) is 5.88 Å². The Balaban J connectivity index is 2.81. The van der Waals surface area contributed by atoms with Gasteiger partial charge in [-0.25, -0.2) is 9.59 Å². The van der Waals surface area contributed by atoms with Crippen LogP contribution < -0.4 is 9.74 Å². The highest BCUT2D eigenvalue weighted by Gasteiger charge is 2.39. The van der Waals surface area contributed by atoms with Crippen LogP contribution in [-0.4, -0.2) is 47.4 Å². The molecular weight excluding hydrogens is 354 g/mol. The summed E-state index contributed by atoms with van der Waals surface area (Å²) in [7, 11) is -2.12. The van der Waals surface area contributed by atoms with Crippen LogP contribution in [-0.2, 0) is 11.3 Å². The Bertz CT molecular complexity index is 656. The lowest BCUT2D eigenvalue weighted by molar-refractivity contribution is 0.0525. The molecule has 0 aliphatic carbocycles. The number of aromatic nitrogens is 2. The number of rotatable bonds is 6. The molecule has 9 heteroatoms. The molecule has 0 radical (unpaired) electrons. The monoisotopic (exact) mass is 385 g/mol. The highest BCUT2D eigenvalue weighted by atomic mass is 28.4. The van der Waals surface area contributed by atoms with Crippen LogP contribution in [0.15, 0.2) is 6.07 Å². The van der Waals surface area contributed by atoms with Crippen LogP contribution in [0.3, 0.4) is 0 Å². The SMILES string of the molecule is CC(C)(C)OC(=O)NCCn1nc(O[Si](C)(C)C(C)(C)C)cc1C(=O)O. The Kier molecular flexibility index (Phi) is 6.51. The minimum Gasteiger partial charge on any atom is -0.530 e. The van der Waals surface area contributed by atoms with E-state index in [2.05, 4.69) is 44.3 Å². The lowest BCUT2D eigenvalue weighted by atomic mass is 10.2. The maximum absolute atomic E-state index is 11.7. The highest BCUT2D eigenvalue weighted by Crippen LogP contribution is 2.37. The molecule has 26 heavy (non-hydrogen) atoms. The van der Waals surface area contributed by atoms with Crippen LogP contribution in [0.25, 0.3) is 0 Å². The first-order valence-electron chi connectivity index (χ1n) is 8.59. The summed E-state index contributed by atoms with van der Waals surface area (Å²) in [5.41, 5.74) is -0.573. The molecule has 1 aromatic rings. The second kappa shape index (κ2) is 7.69. The van der Waals surface area contributed by atoms with Crippen molar-refractivity contribution in [2.24, 2.45) is 0 Å². The summed E-state index contributed by atoms with van der Waals surface area (Å²) in [6.07, 6.45) is -0.556. The average Bonchev–Trinajstić information content (AvgIpc) is 2.77. The molecule has 0 unspecified atom stereocenters. The topological polar surface area (TPSA) is 103 Å². The van der Waals surface area contributed by atoms with E-state index >= 15 is 0 Å². The van der Waals surface area contributed by atoms with Crippen LogP contribution in [0.1, 0.15) is 52.0 Å². The fraction of sp³-hybridized carbons (Fsp3) is 0.706. The third-order valence-electron chi connectivity index (χ3n) is 4.13. The minimum absolute atomic E-state index is 0.0182.